The van der Waals surface area contributed by atoms with Crippen LogP contribution < -0.4 is 5.48 Å². The standard InChI is InChI=1S/C8H9N5O/c1-13-10-8(9-12-13)6-2-4-7(11-14)5-3-6/h2-5,11,14H,1H3. The molecule has 0 saturated heterocycles. The Labute approximate surface area is 80.1 Å². The molecular weight excluding hydrogens is 182 g/mol. The minimum atomic E-state index is 0.567. The van der Waals surface area contributed by atoms with E-state index in [4.69, 9.17) is 5.21 Å². The highest BCUT2D eigenvalue weighted by atomic mass is 16.5. The molecule has 0 atom stereocenters. The summed E-state index contributed by atoms with van der Waals surface area (Å²) in [5.41, 5.74) is 3.53. The first kappa shape index (κ1) is 8.64. The highest BCUT2D eigenvalue weighted by Gasteiger charge is 2.03. The molecule has 2 aromatic rings. The average Bonchev–Trinajstić information content (AvgIpc) is 2.65. The number of nitrogens with zero attached hydrogens (tertiary/aromatic N) is 4. The quantitative estimate of drug-likeness (QED) is 0.682. The van der Waals surface area contributed by atoms with Crippen LogP contribution in [0.2, 0.25) is 0 Å². The molecule has 0 radical (unpaired) electrons. The smallest absolute Gasteiger partial charge is 0.204 e. The third-order valence-electron chi connectivity index (χ3n) is 1.78. The van der Waals surface area contributed by atoms with Crippen molar-refractivity contribution < 1.29 is 5.21 Å². The Morgan fingerprint density at radius 3 is 2.50 bits per heavy atom. The first-order chi connectivity index (χ1) is 6.79. The monoisotopic (exact) mass is 191 g/mol. The van der Waals surface area contributed by atoms with Crippen LogP contribution in [0.5, 0.6) is 0 Å². The topological polar surface area (TPSA) is 75.9 Å². The molecule has 0 aliphatic rings. The summed E-state index contributed by atoms with van der Waals surface area (Å²) in [6, 6.07) is 7.06. The highest BCUT2D eigenvalue weighted by Crippen LogP contribution is 2.16. The molecule has 1 heterocycles. The molecule has 0 bridgehead atoms. The first-order valence-electron chi connectivity index (χ1n) is 4.04. The predicted octanol–water partition coefficient (Wildman–Crippen LogP) is 0.678. The maximum atomic E-state index is 8.61. The Morgan fingerprint density at radius 2 is 2.00 bits per heavy atom. The van der Waals surface area contributed by atoms with Gasteiger partial charge in [0, 0.05) is 5.56 Å². The van der Waals surface area contributed by atoms with Crippen molar-refractivity contribution in [3.8, 4) is 11.4 Å². The largest absolute Gasteiger partial charge is 0.291 e. The van der Waals surface area contributed by atoms with E-state index in [0.717, 1.165) is 5.56 Å². The fraction of sp³-hybridized carbons (Fsp3) is 0.125. The Bertz CT molecular complexity index is 422. The van der Waals surface area contributed by atoms with E-state index in [1.165, 1.54) is 4.80 Å². The summed E-state index contributed by atoms with van der Waals surface area (Å²) in [7, 11) is 1.71. The number of nitrogens with one attached hydrogen (secondary N) is 1. The summed E-state index contributed by atoms with van der Waals surface area (Å²) in [6.45, 7) is 0. The second-order valence-corrected chi connectivity index (χ2v) is 2.79. The van der Waals surface area contributed by atoms with Crippen LogP contribution in [-0.4, -0.2) is 25.4 Å². The number of benzene rings is 1. The van der Waals surface area contributed by atoms with Crippen molar-refractivity contribution in [2.24, 2.45) is 7.05 Å². The van der Waals surface area contributed by atoms with E-state index in [-0.39, 0.29) is 0 Å². The molecule has 6 nitrogen and oxygen atoms in total. The molecule has 14 heavy (non-hydrogen) atoms. The summed E-state index contributed by atoms with van der Waals surface area (Å²) < 4.78 is 0. The van der Waals surface area contributed by atoms with E-state index >= 15 is 0 Å². The molecule has 0 amide bonds. The summed E-state index contributed by atoms with van der Waals surface area (Å²) in [5.74, 6) is 0.567. The van der Waals surface area contributed by atoms with Gasteiger partial charge in [-0.05, 0) is 29.5 Å². The Balaban J connectivity index is 2.33. The van der Waals surface area contributed by atoms with Gasteiger partial charge in [-0.25, -0.2) is 0 Å². The van der Waals surface area contributed by atoms with Crippen LogP contribution >= 0.6 is 0 Å². The molecule has 0 fully saturated rings. The normalized spacial score (nSPS) is 10.1. The molecule has 0 saturated carbocycles. The van der Waals surface area contributed by atoms with E-state index in [1.54, 1.807) is 31.3 Å². The second kappa shape index (κ2) is 3.43. The van der Waals surface area contributed by atoms with E-state index < -0.39 is 0 Å². The average molecular weight is 191 g/mol. The zero-order valence-electron chi connectivity index (χ0n) is 7.55. The number of hydrogen-bond acceptors (Lipinski definition) is 5. The fourth-order valence-electron chi connectivity index (χ4n) is 1.09. The van der Waals surface area contributed by atoms with Crippen LogP contribution in [0, 0.1) is 0 Å². The van der Waals surface area contributed by atoms with Gasteiger partial charge in [0.1, 0.15) is 0 Å². The lowest BCUT2D eigenvalue weighted by Crippen LogP contribution is -1.92. The maximum Gasteiger partial charge on any atom is 0.204 e. The van der Waals surface area contributed by atoms with E-state index in [1.807, 2.05) is 5.48 Å². The second-order valence-electron chi connectivity index (χ2n) is 2.79. The lowest BCUT2D eigenvalue weighted by Gasteiger charge is -1.98. The fourth-order valence-corrected chi connectivity index (χ4v) is 1.09. The third-order valence-corrected chi connectivity index (χ3v) is 1.78. The molecule has 0 unspecified atom stereocenters. The Morgan fingerprint density at radius 1 is 1.29 bits per heavy atom. The number of aryl methyl sites for hydroxylation is 1. The van der Waals surface area contributed by atoms with Crippen molar-refractivity contribution >= 4 is 5.69 Å². The Kier molecular flexibility index (Phi) is 2.11. The van der Waals surface area contributed by atoms with Gasteiger partial charge >= 0.3 is 0 Å². The Hall–Kier alpha value is -1.95. The van der Waals surface area contributed by atoms with Gasteiger partial charge < -0.3 is 0 Å². The summed E-state index contributed by atoms with van der Waals surface area (Å²) in [6.07, 6.45) is 0. The van der Waals surface area contributed by atoms with Gasteiger partial charge in [0.25, 0.3) is 0 Å². The first-order valence-corrected chi connectivity index (χ1v) is 4.04. The van der Waals surface area contributed by atoms with E-state index in [0.29, 0.717) is 11.5 Å². The summed E-state index contributed by atoms with van der Waals surface area (Å²) in [4.78, 5) is 1.40. The van der Waals surface area contributed by atoms with Gasteiger partial charge in [-0.3, -0.25) is 10.7 Å². The SMILES string of the molecule is Cn1nnc(-c2ccc(NO)cc2)n1. The number of anilines is 1. The van der Waals surface area contributed by atoms with Crippen molar-refractivity contribution in [1.82, 2.24) is 20.2 Å². The van der Waals surface area contributed by atoms with E-state index in [9.17, 15) is 0 Å². The van der Waals surface area contributed by atoms with Gasteiger partial charge in [0.05, 0.1) is 12.7 Å². The maximum absolute atomic E-state index is 8.61. The zero-order valence-corrected chi connectivity index (χ0v) is 7.55. The molecule has 1 aromatic carbocycles. The number of aromatic nitrogens is 4. The predicted molar refractivity (Wildman–Crippen MR) is 49.6 cm³/mol. The van der Waals surface area contributed by atoms with Crippen LogP contribution in [0.15, 0.2) is 24.3 Å². The minimum Gasteiger partial charge on any atom is -0.291 e. The van der Waals surface area contributed by atoms with Gasteiger partial charge in [-0.15, -0.1) is 10.2 Å². The minimum absolute atomic E-state index is 0.567. The van der Waals surface area contributed by atoms with Crippen LogP contribution in [0.25, 0.3) is 11.4 Å². The van der Waals surface area contributed by atoms with Crippen LogP contribution in [0.3, 0.4) is 0 Å². The molecule has 6 heteroatoms. The molecule has 0 aliphatic carbocycles. The lowest BCUT2D eigenvalue weighted by atomic mass is 10.2. The van der Waals surface area contributed by atoms with Crippen molar-refractivity contribution in [3.63, 3.8) is 0 Å². The molecule has 72 valence electrons. The third kappa shape index (κ3) is 1.55. The zero-order chi connectivity index (χ0) is 9.97. The van der Waals surface area contributed by atoms with Crippen molar-refractivity contribution in [2.75, 3.05) is 5.48 Å². The van der Waals surface area contributed by atoms with Crippen molar-refractivity contribution in [3.05, 3.63) is 24.3 Å². The summed E-state index contributed by atoms with van der Waals surface area (Å²) in [5, 5.41) is 20.2. The number of rotatable bonds is 2. The van der Waals surface area contributed by atoms with Gasteiger partial charge in [-0.2, -0.15) is 4.80 Å². The molecule has 0 spiro atoms. The molecule has 1 aromatic heterocycles. The highest BCUT2D eigenvalue weighted by molar-refractivity contribution is 5.58. The van der Waals surface area contributed by atoms with Crippen molar-refractivity contribution in [1.29, 1.82) is 0 Å². The molecular formula is C8H9N5O. The summed E-state index contributed by atoms with van der Waals surface area (Å²) >= 11 is 0. The van der Waals surface area contributed by atoms with Crippen LogP contribution in [0.4, 0.5) is 5.69 Å². The molecule has 2 rings (SSSR count). The van der Waals surface area contributed by atoms with Crippen molar-refractivity contribution in [2.45, 2.75) is 0 Å². The van der Waals surface area contributed by atoms with E-state index in [2.05, 4.69) is 15.4 Å². The molecule has 0 aliphatic heterocycles. The molecule has 2 N–H and O–H groups in total. The van der Waals surface area contributed by atoms with Crippen LogP contribution in [-0.2, 0) is 7.05 Å². The lowest BCUT2D eigenvalue weighted by molar-refractivity contribution is 0.389. The number of hydrogen-bond donors (Lipinski definition) is 2. The van der Waals surface area contributed by atoms with Gasteiger partial charge in [0.15, 0.2) is 0 Å². The van der Waals surface area contributed by atoms with Gasteiger partial charge in [-0.1, -0.05) is 0 Å². The number of tetrazole rings is 1. The van der Waals surface area contributed by atoms with Crippen LogP contribution in [0.1, 0.15) is 0 Å². The van der Waals surface area contributed by atoms with Gasteiger partial charge in [0.2, 0.25) is 5.82 Å².